The van der Waals surface area contributed by atoms with E-state index in [1.807, 2.05) is 42.5 Å². The van der Waals surface area contributed by atoms with Crippen LogP contribution >= 0.6 is 22.6 Å². The standard InChI is InChI=1S/C21H19FINO2/c1-25-20-12-15(13-24-17-8-3-2-4-9-17)11-19(23)21(20)26-14-16-7-5-6-10-18(16)22/h2-12,24H,13-14H2,1H3. The molecule has 0 heterocycles. The highest BCUT2D eigenvalue weighted by molar-refractivity contribution is 14.1. The van der Waals surface area contributed by atoms with Gasteiger partial charge in [0.25, 0.3) is 0 Å². The first-order valence-electron chi connectivity index (χ1n) is 8.19. The van der Waals surface area contributed by atoms with Crippen molar-refractivity contribution in [1.82, 2.24) is 0 Å². The zero-order chi connectivity index (χ0) is 18.4. The van der Waals surface area contributed by atoms with Crippen molar-refractivity contribution < 1.29 is 13.9 Å². The Balaban J connectivity index is 1.73. The Hall–Kier alpha value is -2.28. The van der Waals surface area contributed by atoms with Gasteiger partial charge in [0.2, 0.25) is 0 Å². The topological polar surface area (TPSA) is 30.5 Å². The molecular weight excluding hydrogens is 444 g/mol. The monoisotopic (exact) mass is 463 g/mol. The number of hydrogen-bond acceptors (Lipinski definition) is 3. The van der Waals surface area contributed by atoms with E-state index in [4.69, 9.17) is 9.47 Å². The van der Waals surface area contributed by atoms with Crippen LogP contribution in [0.15, 0.2) is 66.7 Å². The minimum atomic E-state index is -0.273. The number of benzene rings is 3. The Labute approximate surface area is 166 Å². The van der Waals surface area contributed by atoms with Crippen LogP contribution in [0.2, 0.25) is 0 Å². The van der Waals surface area contributed by atoms with Crippen molar-refractivity contribution in [2.24, 2.45) is 0 Å². The van der Waals surface area contributed by atoms with Crippen LogP contribution in [0.1, 0.15) is 11.1 Å². The molecule has 0 atom stereocenters. The largest absolute Gasteiger partial charge is 0.493 e. The maximum atomic E-state index is 13.8. The quantitative estimate of drug-likeness (QED) is 0.461. The van der Waals surface area contributed by atoms with Crippen LogP contribution in [0.25, 0.3) is 0 Å². The second-order valence-electron chi connectivity index (χ2n) is 5.71. The molecule has 0 unspecified atom stereocenters. The van der Waals surface area contributed by atoms with Gasteiger partial charge in [0.1, 0.15) is 12.4 Å². The molecule has 0 aliphatic rings. The van der Waals surface area contributed by atoms with Gasteiger partial charge in [-0.1, -0.05) is 36.4 Å². The van der Waals surface area contributed by atoms with E-state index in [-0.39, 0.29) is 12.4 Å². The summed E-state index contributed by atoms with van der Waals surface area (Å²) in [5, 5.41) is 3.37. The minimum absolute atomic E-state index is 0.153. The van der Waals surface area contributed by atoms with E-state index < -0.39 is 0 Å². The van der Waals surface area contributed by atoms with Crippen molar-refractivity contribution >= 4 is 28.3 Å². The van der Waals surface area contributed by atoms with Gasteiger partial charge in [-0.3, -0.25) is 0 Å². The lowest BCUT2D eigenvalue weighted by molar-refractivity contribution is 0.277. The SMILES string of the molecule is COc1cc(CNc2ccccc2)cc(I)c1OCc1ccccc1F. The molecule has 0 saturated heterocycles. The van der Waals surface area contributed by atoms with Crippen LogP contribution < -0.4 is 14.8 Å². The Bertz CT molecular complexity index is 871. The highest BCUT2D eigenvalue weighted by atomic mass is 127. The molecule has 3 rings (SSSR count). The summed E-state index contributed by atoms with van der Waals surface area (Å²) in [6.07, 6.45) is 0. The third-order valence-electron chi connectivity index (χ3n) is 3.89. The molecule has 3 aromatic carbocycles. The number of methoxy groups -OCH3 is 1. The Morgan fingerprint density at radius 3 is 2.46 bits per heavy atom. The molecule has 0 saturated carbocycles. The minimum Gasteiger partial charge on any atom is -0.493 e. The Morgan fingerprint density at radius 2 is 1.73 bits per heavy atom. The van der Waals surface area contributed by atoms with Gasteiger partial charge < -0.3 is 14.8 Å². The van der Waals surface area contributed by atoms with Crippen molar-refractivity contribution in [1.29, 1.82) is 0 Å². The van der Waals surface area contributed by atoms with Crippen LogP contribution in [0.3, 0.4) is 0 Å². The molecule has 134 valence electrons. The van der Waals surface area contributed by atoms with Gasteiger partial charge in [0.05, 0.1) is 10.7 Å². The molecule has 26 heavy (non-hydrogen) atoms. The normalized spacial score (nSPS) is 10.4. The first-order valence-corrected chi connectivity index (χ1v) is 9.27. The molecule has 3 nitrogen and oxygen atoms in total. The summed E-state index contributed by atoms with van der Waals surface area (Å²) in [7, 11) is 1.61. The van der Waals surface area contributed by atoms with Gasteiger partial charge in [-0.25, -0.2) is 4.39 Å². The fourth-order valence-electron chi connectivity index (χ4n) is 2.54. The van der Waals surface area contributed by atoms with Crippen molar-refractivity contribution in [2.45, 2.75) is 13.2 Å². The van der Waals surface area contributed by atoms with Crippen molar-refractivity contribution in [3.05, 3.63) is 87.2 Å². The zero-order valence-corrected chi connectivity index (χ0v) is 16.5. The van der Waals surface area contributed by atoms with Gasteiger partial charge in [-0.2, -0.15) is 0 Å². The van der Waals surface area contributed by atoms with E-state index in [9.17, 15) is 4.39 Å². The van der Waals surface area contributed by atoms with E-state index >= 15 is 0 Å². The molecule has 0 spiro atoms. The zero-order valence-electron chi connectivity index (χ0n) is 14.3. The molecule has 0 bridgehead atoms. The molecule has 0 aliphatic carbocycles. The first kappa shape index (κ1) is 18.5. The molecule has 0 aromatic heterocycles. The van der Waals surface area contributed by atoms with Gasteiger partial charge in [-0.15, -0.1) is 0 Å². The fourth-order valence-corrected chi connectivity index (χ4v) is 3.36. The summed E-state index contributed by atoms with van der Waals surface area (Å²) < 4.78 is 26.0. The summed E-state index contributed by atoms with van der Waals surface area (Å²) in [5.41, 5.74) is 2.65. The maximum absolute atomic E-state index is 13.8. The summed E-state index contributed by atoms with van der Waals surface area (Å²) in [6, 6.07) is 20.6. The second-order valence-corrected chi connectivity index (χ2v) is 6.87. The predicted molar refractivity (Wildman–Crippen MR) is 110 cm³/mol. The molecule has 1 N–H and O–H groups in total. The third kappa shape index (κ3) is 4.66. The van der Waals surface area contributed by atoms with Crippen molar-refractivity contribution in [3.63, 3.8) is 0 Å². The lowest BCUT2D eigenvalue weighted by atomic mass is 10.2. The van der Waals surface area contributed by atoms with Crippen LogP contribution in [-0.4, -0.2) is 7.11 Å². The summed E-state index contributed by atoms with van der Waals surface area (Å²) in [5.74, 6) is 0.989. The molecule has 0 radical (unpaired) electrons. The van der Waals surface area contributed by atoms with Gasteiger partial charge >= 0.3 is 0 Å². The van der Waals surface area contributed by atoms with Gasteiger partial charge in [0.15, 0.2) is 11.5 Å². The lowest BCUT2D eigenvalue weighted by Crippen LogP contribution is -2.04. The number of para-hydroxylation sites is 1. The van der Waals surface area contributed by atoms with Crippen molar-refractivity contribution in [2.75, 3.05) is 12.4 Å². The Kier molecular flexibility index (Phi) is 6.33. The third-order valence-corrected chi connectivity index (χ3v) is 4.69. The van der Waals surface area contributed by atoms with E-state index in [0.29, 0.717) is 23.6 Å². The smallest absolute Gasteiger partial charge is 0.174 e. The molecule has 0 amide bonds. The second kappa shape index (κ2) is 8.89. The first-order chi connectivity index (χ1) is 12.7. The maximum Gasteiger partial charge on any atom is 0.174 e. The van der Waals surface area contributed by atoms with E-state index in [1.165, 1.54) is 6.07 Å². The average Bonchev–Trinajstić information content (AvgIpc) is 2.67. The van der Waals surface area contributed by atoms with Gasteiger partial charge in [-0.05, 0) is 58.5 Å². The van der Waals surface area contributed by atoms with Crippen molar-refractivity contribution in [3.8, 4) is 11.5 Å². The highest BCUT2D eigenvalue weighted by Gasteiger charge is 2.13. The summed E-state index contributed by atoms with van der Waals surface area (Å²) in [6.45, 7) is 0.824. The number of hydrogen-bond donors (Lipinski definition) is 1. The number of ether oxygens (including phenoxy) is 2. The number of anilines is 1. The van der Waals surface area contributed by atoms with Gasteiger partial charge in [0, 0.05) is 17.8 Å². The van der Waals surface area contributed by atoms with E-state index in [1.54, 1.807) is 25.3 Å². The van der Waals surface area contributed by atoms with E-state index in [0.717, 1.165) is 14.8 Å². The molecule has 5 heteroatoms. The van der Waals surface area contributed by atoms with Crippen LogP contribution in [-0.2, 0) is 13.2 Å². The number of nitrogens with one attached hydrogen (secondary N) is 1. The summed E-state index contributed by atoms with van der Waals surface area (Å²) in [4.78, 5) is 0. The fraction of sp³-hybridized carbons (Fsp3) is 0.143. The predicted octanol–water partition coefficient (Wildman–Crippen LogP) is 5.63. The lowest BCUT2D eigenvalue weighted by Gasteiger charge is -2.15. The Morgan fingerprint density at radius 1 is 1.00 bits per heavy atom. The molecular formula is C21H19FINO2. The van der Waals surface area contributed by atoms with Crippen LogP contribution in [0.5, 0.6) is 11.5 Å². The molecule has 0 aliphatic heterocycles. The molecule has 0 fully saturated rings. The molecule has 3 aromatic rings. The highest BCUT2D eigenvalue weighted by Crippen LogP contribution is 2.35. The number of halogens is 2. The number of rotatable bonds is 7. The summed E-state index contributed by atoms with van der Waals surface area (Å²) >= 11 is 2.21. The van der Waals surface area contributed by atoms with Crippen LogP contribution in [0, 0.1) is 9.39 Å². The average molecular weight is 463 g/mol. The van der Waals surface area contributed by atoms with Crippen LogP contribution in [0.4, 0.5) is 10.1 Å². The van der Waals surface area contributed by atoms with E-state index in [2.05, 4.69) is 27.9 Å².